The first-order chi connectivity index (χ1) is 13.6. The Morgan fingerprint density at radius 3 is 2.93 bits per heavy atom. The molecule has 0 saturated carbocycles. The lowest BCUT2D eigenvalue weighted by Gasteiger charge is -2.43. The maximum atomic E-state index is 12.3. The number of aromatic nitrogens is 3. The fraction of sp³-hybridized carbons (Fsp3) is 0.500. The van der Waals surface area contributed by atoms with Crippen molar-refractivity contribution in [1.82, 2.24) is 19.4 Å². The highest BCUT2D eigenvalue weighted by molar-refractivity contribution is 5.80. The maximum absolute atomic E-state index is 12.3. The van der Waals surface area contributed by atoms with Gasteiger partial charge in [0.05, 0.1) is 5.69 Å². The summed E-state index contributed by atoms with van der Waals surface area (Å²) in [6.45, 7) is 2.18. The molecule has 8 heteroatoms. The van der Waals surface area contributed by atoms with Crippen LogP contribution in [0.25, 0.3) is 0 Å². The van der Waals surface area contributed by atoms with E-state index in [0.717, 1.165) is 55.6 Å². The molecule has 1 fully saturated rings. The van der Waals surface area contributed by atoms with Crippen LogP contribution in [0.1, 0.15) is 42.1 Å². The van der Waals surface area contributed by atoms with E-state index < -0.39 is 0 Å². The van der Waals surface area contributed by atoms with Gasteiger partial charge in [0.25, 0.3) is 11.1 Å². The summed E-state index contributed by atoms with van der Waals surface area (Å²) in [6.07, 6.45) is 4.74. The zero-order chi connectivity index (χ0) is 19.3. The Labute approximate surface area is 162 Å². The van der Waals surface area contributed by atoms with Crippen molar-refractivity contribution in [3.63, 3.8) is 0 Å². The summed E-state index contributed by atoms with van der Waals surface area (Å²) in [4.78, 5) is 38.3. The van der Waals surface area contributed by atoms with Gasteiger partial charge in [0, 0.05) is 42.9 Å². The Bertz CT molecular complexity index is 1070. The molecule has 0 unspecified atom stereocenters. The van der Waals surface area contributed by atoms with E-state index in [1.165, 1.54) is 0 Å². The summed E-state index contributed by atoms with van der Waals surface area (Å²) in [5.74, 6) is 1.28. The molecule has 0 spiro atoms. The van der Waals surface area contributed by atoms with E-state index in [-0.39, 0.29) is 23.0 Å². The van der Waals surface area contributed by atoms with Gasteiger partial charge in [-0.25, -0.2) is 4.98 Å². The third kappa shape index (κ3) is 2.93. The van der Waals surface area contributed by atoms with Crippen molar-refractivity contribution in [3.05, 3.63) is 55.9 Å². The number of rotatable bonds is 1. The fourth-order valence-corrected chi connectivity index (χ4v) is 4.91. The molecule has 2 aromatic rings. The lowest BCUT2D eigenvalue weighted by atomic mass is 9.83. The normalized spacial score (nSPS) is 23.9. The van der Waals surface area contributed by atoms with Crippen molar-refractivity contribution >= 4 is 11.9 Å². The second-order valence-electron chi connectivity index (χ2n) is 8.10. The standard InChI is InChI=1S/C20H24N6O2/c21-19(24-20-22-15-5-2-1-4-14(15)18(28)23-20)25-9-12-8-13(11-25)16-6-3-7-17(27)26(16)10-12/h3,6-7,12-13H,1-2,4-5,8-11H2,(H3,21,22,23,24,28)/t12-,13+/m1/s1. The third-order valence-corrected chi connectivity index (χ3v) is 6.20. The second-order valence-corrected chi connectivity index (χ2v) is 8.10. The van der Waals surface area contributed by atoms with E-state index >= 15 is 0 Å². The average molecular weight is 380 g/mol. The Morgan fingerprint density at radius 2 is 2.04 bits per heavy atom. The van der Waals surface area contributed by atoms with Crippen LogP contribution in [0, 0.1) is 5.92 Å². The number of piperidine rings is 1. The summed E-state index contributed by atoms with van der Waals surface area (Å²) < 4.78 is 1.89. The van der Waals surface area contributed by atoms with Gasteiger partial charge >= 0.3 is 0 Å². The maximum Gasteiger partial charge on any atom is 0.255 e. The largest absolute Gasteiger partial charge is 0.369 e. The number of nitrogens with one attached hydrogen (secondary N) is 1. The van der Waals surface area contributed by atoms with Crippen LogP contribution in [0.4, 0.5) is 5.95 Å². The molecule has 2 aliphatic heterocycles. The van der Waals surface area contributed by atoms with E-state index in [1.54, 1.807) is 6.07 Å². The quantitative estimate of drug-likeness (QED) is 0.564. The van der Waals surface area contributed by atoms with Crippen LogP contribution >= 0.6 is 0 Å². The molecule has 1 saturated heterocycles. The highest BCUT2D eigenvalue weighted by Crippen LogP contribution is 2.34. The Morgan fingerprint density at radius 1 is 1.18 bits per heavy atom. The van der Waals surface area contributed by atoms with Crippen molar-refractivity contribution in [2.75, 3.05) is 13.1 Å². The number of likely N-dealkylation sites (tertiary alicyclic amines) is 1. The van der Waals surface area contributed by atoms with Crippen molar-refractivity contribution in [1.29, 1.82) is 0 Å². The summed E-state index contributed by atoms with van der Waals surface area (Å²) in [6, 6.07) is 5.48. The number of guanidine groups is 1. The van der Waals surface area contributed by atoms with Crippen LogP contribution in [-0.4, -0.2) is 38.5 Å². The fourth-order valence-electron chi connectivity index (χ4n) is 4.91. The topological polar surface area (TPSA) is 109 Å². The van der Waals surface area contributed by atoms with Crippen molar-refractivity contribution in [2.24, 2.45) is 16.6 Å². The molecule has 3 N–H and O–H groups in total. The van der Waals surface area contributed by atoms with E-state index in [4.69, 9.17) is 5.73 Å². The van der Waals surface area contributed by atoms with Crippen LogP contribution in [0.15, 0.2) is 32.8 Å². The van der Waals surface area contributed by atoms with Crippen LogP contribution in [-0.2, 0) is 19.4 Å². The molecular formula is C20H24N6O2. The number of pyridine rings is 1. The van der Waals surface area contributed by atoms with Gasteiger partial charge < -0.3 is 15.2 Å². The SMILES string of the molecule is NC(=Nc1nc2c(c(=O)[nH]1)CCCC2)N1C[C@H]2C[C@@H](C1)c1cccc(=O)n1C2. The van der Waals surface area contributed by atoms with E-state index in [2.05, 4.69) is 19.9 Å². The molecule has 2 bridgehead atoms. The summed E-state index contributed by atoms with van der Waals surface area (Å²) in [5, 5.41) is 0. The van der Waals surface area contributed by atoms with Gasteiger partial charge in [0.2, 0.25) is 5.95 Å². The van der Waals surface area contributed by atoms with E-state index in [0.29, 0.717) is 25.0 Å². The number of nitrogens with zero attached hydrogens (tertiary/aromatic N) is 4. The Hall–Kier alpha value is -2.90. The van der Waals surface area contributed by atoms with E-state index in [9.17, 15) is 9.59 Å². The van der Waals surface area contributed by atoms with Gasteiger partial charge in [-0.15, -0.1) is 0 Å². The van der Waals surface area contributed by atoms with Crippen molar-refractivity contribution in [2.45, 2.75) is 44.6 Å². The Balaban J connectivity index is 1.42. The molecular weight excluding hydrogens is 356 g/mol. The minimum absolute atomic E-state index is 0.0677. The van der Waals surface area contributed by atoms with E-state index in [1.807, 2.05) is 16.7 Å². The molecule has 0 radical (unpaired) electrons. The van der Waals surface area contributed by atoms with Gasteiger partial charge in [0.1, 0.15) is 0 Å². The molecule has 0 amide bonds. The third-order valence-electron chi connectivity index (χ3n) is 6.20. The number of aromatic amines is 1. The van der Waals surface area contributed by atoms with Crippen LogP contribution < -0.4 is 16.9 Å². The molecule has 8 nitrogen and oxygen atoms in total. The van der Waals surface area contributed by atoms with Gasteiger partial charge in [-0.1, -0.05) is 6.07 Å². The minimum Gasteiger partial charge on any atom is -0.369 e. The lowest BCUT2D eigenvalue weighted by molar-refractivity contribution is 0.177. The minimum atomic E-state index is -0.0972. The van der Waals surface area contributed by atoms with Crippen LogP contribution in [0.5, 0.6) is 0 Å². The van der Waals surface area contributed by atoms with Crippen LogP contribution in [0.3, 0.4) is 0 Å². The lowest BCUT2D eigenvalue weighted by Crippen LogP contribution is -2.51. The molecule has 4 heterocycles. The monoisotopic (exact) mass is 380 g/mol. The molecule has 146 valence electrons. The molecule has 2 aromatic heterocycles. The van der Waals surface area contributed by atoms with Crippen LogP contribution in [0.2, 0.25) is 0 Å². The molecule has 2 atom stereocenters. The molecule has 0 aromatic carbocycles. The summed E-state index contributed by atoms with van der Waals surface area (Å²) >= 11 is 0. The number of hydrogen-bond donors (Lipinski definition) is 2. The first kappa shape index (κ1) is 17.2. The number of fused-ring (bicyclic) bond motifs is 5. The Kier molecular flexibility index (Phi) is 4.07. The number of hydrogen-bond acceptors (Lipinski definition) is 4. The first-order valence-electron chi connectivity index (χ1n) is 9.99. The van der Waals surface area contributed by atoms with Gasteiger partial charge in [-0.3, -0.25) is 14.6 Å². The highest BCUT2D eigenvalue weighted by Gasteiger charge is 2.35. The second kappa shape index (κ2) is 6.61. The summed E-state index contributed by atoms with van der Waals surface area (Å²) in [5.41, 5.74) is 8.99. The van der Waals surface area contributed by atoms with Gasteiger partial charge in [-0.05, 0) is 44.1 Å². The number of nitrogens with two attached hydrogens (primary N) is 1. The van der Waals surface area contributed by atoms with Crippen molar-refractivity contribution < 1.29 is 0 Å². The number of aryl methyl sites for hydroxylation is 1. The highest BCUT2D eigenvalue weighted by atomic mass is 16.1. The molecule has 1 aliphatic carbocycles. The van der Waals surface area contributed by atoms with Gasteiger partial charge in [0.15, 0.2) is 5.96 Å². The number of H-pyrrole nitrogens is 1. The predicted octanol–water partition coefficient (Wildman–Crippen LogP) is 0.876. The zero-order valence-electron chi connectivity index (χ0n) is 15.7. The first-order valence-corrected chi connectivity index (χ1v) is 9.99. The molecule has 3 aliphatic rings. The molecule has 5 rings (SSSR count). The molecule has 28 heavy (non-hydrogen) atoms. The zero-order valence-corrected chi connectivity index (χ0v) is 15.7. The number of aliphatic imine (C=N–C) groups is 1. The predicted molar refractivity (Wildman–Crippen MR) is 106 cm³/mol. The smallest absolute Gasteiger partial charge is 0.255 e. The van der Waals surface area contributed by atoms with Gasteiger partial charge in [-0.2, -0.15) is 4.99 Å². The summed E-state index contributed by atoms with van der Waals surface area (Å²) in [7, 11) is 0. The van der Waals surface area contributed by atoms with Crippen molar-refractivity contribution in [3.8, 4) is 0 Å². The average Bonchev–Trinajstić information content (AvgIpc) is 2.69.